The molecule has 15 unspecified atom stereocenters. The summed E-state index contributed by atoms with van der Waals surface area (Å²) in [6.07, 6.45) is 5.97. The maximum Gasteiger partial charge on any atom is 0.350 e. The van der Waals surface area contributed by atoms with Crippen LogP contribution in [0.1, 0.15) is 242 Å². The molecule has 0 radical (unpaired) electrons. The highest BCUT2D eigenvalue weighted by molar-refractivity contribution is 5.91. The Bertz CT molecular complexity index is 3270. The number of methoxy groups -OCH3 is 1. The molecular formula is C79H122O29. The number of ether oxygens (including phenoxy) is 15. The first-order valence-corrected chi connectivity index (χ1v) is 38.2. The summed E-state index contributed by atoms with van der Waals surface area (Å²) in [5, 5.41) is 0. The Hall–Kier alpha value is -7.46. The molecule has 10 aliphatic rings. The van der Waals surface area contributed by atoms with Crippen LogP contribution in [-0.4, -0.2) is 184 Å². The van der Waals surface area contributed by atoms with Gasteiger partial charge in [-0.25, -0.2) is 4.79 Å². The molecule has 29 nitrogen and oxygen atoms in total. The molecule has 6 heterocycles. The van der Waals surface area contributed by atoms with Gasteiger partial charge in [0.1, 0.15) is 63.9 Å². The van der Waals surface area contributed by atoms with E-state index in [4.69, 9.17) is 71.1 Å². The zero-order valence-electron chi connectivity index (χ0n) is 67.8. The summed E-state index contributed by atoms with van der Waals surface area (Å²) in [6, 6.07) is 0. The number of carbonyl (C=O) groups excluding carboxylic acids is 14. The fourth-order valence-corrected chi connectivity index (χ4v) is 13.0. The van der Waals surface area contributed by atoms with Crippen LogP contribution in [0.25, 0.3) is 0 Å². The Kier molecular flexibility index (Phi) is 31.3. The van der Waals surface area contributed by atoms with Gasteiger partial charge in [0.05, 0.1) is 82.9 Å². The van der Waals surface area contributed by atoms with Gasteiger partial charge in [-0.1, -0.05) is 48.5 Å². The second-order valence-corrected chi connectivity index (χ2v) is 34.1. The molecule has 15 atom stereocenters. The fraction of sp³-hybridized carbons (Fsp3) is 0.823. The predicted octanol–water partition coefficient (Wildman–Crippen LogP) is 9.87. The van der Waals surface area contributed by atoms with Crippen LogP contribution in [0.2, 0.25) is 0 Å². The first-order valence-electron chi connectivity index (χ1n) is 38.2. The van der Waals surface area contributed by atoms with Crippen molar-refractivity contribution in [1.82, 2.24) is 0 Å². The highest BCUT2D eigenvalue weighted by Gasteiger charge is 2.66. The van der Waals surface area contributed by atoms with E-state index in [-0.39, 0.29) is 184 Å². The van der Waals surface area contributed by atoms with Crippen LogP contribution in [0.4, 0.5) is 0 Å². The van der Waals surface area contributed by atoms with E-state index in [0.29, 0.717) is 64.6 Å². The number of hydrogen-bond donors (Lipinski definition) is 0. The molecule has 29 heteroatoms. The first-order chi connectivity index (χ1) is 50.0. The minimum absolute atomic E-state index is 0.0553. The van der Waals surface area contributed by atoms with Crippen molar-refractivity contribution in [2.45, 2.75) is 289 Å². The number of fused-ring (bicyclic) bond motifs is 6. The van der Waals surface area contributed by atoms with Gasteiger partial charge in [0.15, 0.2) is 11.2 Å². The van der Waals surface area contributed by atoms with E-state index in [1.54, 1.807) is 48.7 Å². The lowest BCUT2D eigenvalue weighted by Gasteiger charge is -2.36. The maximum absolute atomic E-state index is 12.4. The van der Waals surface area contributed by atoms with Crippen LogP contribution in [0.5, 0.6) is 0 Å². The average Bonchev–Trinajstić information content (AvgIpc) is 1.57. The molecule has 4 aliphatic carbocycles. The van der Waals surface area contributed by atoms with Crippen LogP contribution in [0.3, 0.4) is 0 Å². The molecule has 4 saturated carbocycles. The third-order valence-electron chi connectivity index (χ3n) is 23.5. The van der Waals surface area contributed by atoms with Gasteiger partial charge in [0.2, 0.25) is 5.60 Å². The van der Waals surface area contributed by atoms with E-state index in [1.807, 2.05) is 104 Å². The summed E-state index contributed by atoms with van der Waals surface area (Å²) in [5.41, 5.74) is -5.70. The van der Waals surface area contributed by atoms with Gasteiger partial charge >= 0.3 is 83.6 Å². The zero-order valence-corrected chi connectivity index (χ0v) is 67.8. The van der Waals surface area contributed by atoms with Gasteiger partial charge in [-0.3, -0.25) is 62.3 Å². The van der Waals surface area contributed by atoms with Crippen molar-refractivity contribution in [1.29, 1.82) is 0 Å². The molecule has 0 amide bonds. The zero-order chi connectivity index (χ0) is 81.7. The van der Waals surface area contributed by atoms with Gasteiger partial charge in [-0.2, -0.15) is 0 Å². The molecule has 0 N–H and O–H groups in total. The highest BCUT2D eigenvalue weighted by Crippen LogP contribution is 2.58. The van der Waals surface area contributed by atoms with E-state index >= 15 is 0 Å². The Morgan fingerprint density at radius 1 is 0.463 bits per heavy atom. The van der Waals surface area contributed by atoms with E-state index in [9.17, 15) is 67.1 Å². The van der Waals surface area contributed by atoms with Crippen molar-refractivity contribution in [2.24, 2.45) is 73.9 Å². The van der Waals surface area contributed by atoms with E-state index in [2.05, 4.69) is 0 Å². The molecule has 0 spiro atoms. The van der Waals surface area contributed by atoms with Crippen molar-refractivity contribution in [3.63, 3.8) is 0 Å². The summed E-state index contributed by atoms with van der Waals surface area (Å²) in [6.45, 7) is 39.9. The smallest absolute Gasteiger partial charge is 0.350 e. The molecule has 0 aromatic carbocycles. The predicted molar refractivity (Wildman–Crippen MR) is 381 cm³/mol. The molecule has 6 saturated heterocycles. The van der Waals surface area contributed by atoms with Crippen molar-refractivity contribution < 1.29 is 138 Å². The summed E-state index contributed by atoms with van der Waals surface area (Å²) >= 11 is 0. The normalized spacial score (nSPS) is 29.6. The van der Waals surface area contributed by atoms with Crippen LogP contribution in [0, 0.1) is 73.9 Å². The summed E-state index contributed by atoms with van der Waals surface area (Å²) < 4.78 is 77.7. The quantitative estimate of drug-likeness (QED) is 0.0355. The van der Waals surface area contributed by atoms with Crippen molar-refractivity contribution in [2.75, 3.05) is 53.4 Å². The minimum atomic E-state index is -1.08. The molecule has 612 valence electrons. The van der Waals surface area contributed by atoms with Gasteiger partial charge in [0.25, 0.3) is 0 Å². The largest absolute Gasteiger partial charge is 0.465 e. The molecule has 108 heavy (non-hydrogen) atoms. The molecule has 4 bridgehead atoms. The summed E-state index contributed by atoms with van der Waals surface area (Å²) in [4.78, 5) is 163. The fourth-order valence-electron chi connectivity index (χ4n) is 13.0. The Balaban J connectivity index is 0.000000237. The monoisotopic (exact) mass is 1530 g/mol. The molecule has 10 rings (SSSR count). The number of rotatable bonds is 25. The summed E-state index contributed by atoms with van der Waals surface area (Å²) in [7, 11) is 1.63. The lowest BCUT2D eigenvalue weighted by molar-refractivity contribution is -0.177. The SMILES string of the molecule is CCC(C)(C)C(=O)OC1(C)CCOC1=O.CCC(C)(C)C(=O)OC1(C)COC(=O)C1.CCC(C)(C)C(=O)OC1C2CC(C1OC)C1C(=O)OCC21.CCC(C)(C)C(=O)OC1COC(=O)C1.CCC(C)(C)C(=O)OCCOC(=O)CC(=O)OC1C2CC3C(=O)OC1C3C2.CCC1(OC(=O)C(C)(C)CC)COC(=O)C1. The number of hydrogen-bond acceptors (Lipinski definition) is 29. The van der Waals surface area contributed by atoms with E-state index in [1.165, 1.54) is 0 Å². The average molecular weight is 1540 g/mol. The molecule has 10 fully saturated rings. The number of cyclic esters (lactones) is 5. The molecular weight excluding hydrogens is 1410 g/mol. The van der Waals surface area contributed by atoms with Crippen molar-refractivity contribution >= 4 is 83.6 Å². The third kappa shape index (κ3) is 22.9. The van der Waals surface area contributed by atoms with Crippen LogP contribution < -0.4 is 0 Å². The van der Waals surface area contributed by atoms with Crippen molar-refractivity contribution in [3.05, 3.63) is 0 Å². The Morgan fingerprint density at radius 2 is 0.981 bits per heavy atom. The van der Waals surface area contributed by atoms with Gasteiger partial charge in [0, 0.05) is 43.1 Å². The van der Waals surface area contributed by atoms with Gasteiger partial charge in [-0.05, 0) is 161 Å². The standard InChI is InChI=1S/C19H26O8.C16H24O5.C12H20O4.2C11H18O4.C10H16O4/c1-4-19(2,3)18(23)25-6-5-24-13(20)9-14(21)26-15-10-7-11-12(8-10)17(22)27-16(11)15;1-5-16(2,3)15(18)21-13-8-6-9(12(13)19-4)11-10(8)7-20-14(11)17;1-5-11(3,4)10(14)16-12(6-2)7-9(13)15-8-12;1-5-10(2,3)9(13)15-11(4)6-8(12)14-7-11;1-5-10(2,3)8(12)15-11(4)6-7-14-9(11)13;1-4-10(2,3)9(12)14-7-5-8(11)13-6-7/h10-12,15-16H,4-9H2,1-3H3;8-13H,5-7H2,1-4H3;5-8H2,1-4H3;2*5-7H2,1-4H3;7H,4-6H2,1-3H3. The molecule has 6 aliphatic heterocycles. The van der Waals surface area contributed by atoms with Crippen molar-refractivity contribution in [3.8, 4) is 0 Å². The van der Waals surface area contributed by atoms with Crippen LogP contribution >= 0.6 is 0 Å². The number of carbonyl (C=O) groups is 14. The van der Waals surface area contributed by atoms with Crippen LogP contribution in [-0.2, 0) is 138 Å². The second-order valence-electron chi connectivity index (χ2n) is 34.1. The van der Waals surface area contributed by atoms with Gasteiger partial charge in [-0.15, -0.1) is 0 Å². The lowest BCUT2D eigenvalue weighted by atomic mass is 9.78. The first kappa shape index (κ1) is 91.2. The molecule has 0 aromatic rings. The number of esters is 14. The lowest BCUT2D eigenvalue weighted by Crippen LogP contribution is -2.47. The summed E-state index contributed by atoms with van der Waals surface area (Å²) in [5.74, 6) is -4.09. The Labute approximate surface area is 635 Å². The van der Waals surface area contributed by atoms with E-state index < -0.39 is 79.7 Å². The second kappa shape index (κ2) is 37.0. The van der Waals surface area contributed by atoms with E-state index in [0.717, 1.165) is 19.3 Å². The Morgan fingerprint density at radius 3 is 1.47 bits per heavy atom. The highest BCUT2D eigenvalue weighted by atomic mass is 16.6. The van der Waals surface area contributed by atoms with Gasteiger partial charge < -0.3 is 71.1 Å². The topological polar surface area (TPSA) is 377 Å². The maximum atomic E-state index is 12.4. The molecule has 0 aromatic heterocycles. The minimum Gasteiger partial charge on any atom is -0.465 e. The third-order valence-corrected chi connectivity index (χ3v) is 23.5. The van der Waals surface area contributed by atoms with Crippen LogP contribution in [0.15, 0.2) is 0 Å².